The van der Waals surface area contributed by atoms with Gasteiger partial charge >= 0.3 is 0 Å². The van der Waals surface area contributed by atoms with E-state index in [0.717, 1.165) is 11.8 Å². The summed E-state index contributed by atoms with van der Waals surface area (Å²) in [6.45, 7) is 0. The molecule has 2 saturated carbocycles. The van der Waals surface area contributed by atoms with Crippen LogP contribution < -0.4 is 5.32 Å². The molecular formula is C11H15NOS2. The maximum Gasteiger partial charge on any atom is 0.173 e. The van der Waals surface area contributed by atoms with Gasteiger partial charge in [0.2, 0.25) is 0 Å². The summed E-state index contributed by atoms with van der Waals surface area (Å²) in [7, 11) is 0. The third-order valence-electron chi connectivity index (χ3n) is 3.55. The number of thiocarbonyl (C=S) groups is 2. The third-order valence-corrected chi connectivity index (χ3v) is 4.08. The fourth-order valence-corrected chi connectivity index (χ4v) is 3.26. The molecule has 2 aliphatic carbocycles. The monoisotopic (exact) mass is 241 g/mol. The van der Waals surface area contributed by atoms with Gasteiger partial charge < -0.3 is 5.32 Å². The first-order valence-corrected chi connectivity index (χ1v) is 6.34. The van der Waals surface area contributed by atoms with Crippen molar-refractivity contribution in [2.75, 3.05) is 0 Å². The van der Waals surface area contributed by atoms with Gasteiger partial charge in [0.25, 0.3) is 0 Å². The van der Waals surface area contributed by atoms with E-state index in [1.54, 1.807) is 0 Å². The topological polar surface area (TPSA) is 29.1 Å². The van der Waals surface area contributed by atoms with Crippen LogP contribution in [0.2, 0.25) is 0 Å². The van der Waals surface area contributed by atoms with Crippen LogP contribution in [0, 0.1) is 11.8 Å². The van der Waals surface area contributed by atoms with E-state index < -0.39 is 0 Å². The second-order valence-corrected chi connectivity index (χ2v) is 5.34. The zero-order valence-corrected chi connectivity index (χ0v) is 10.2. The first kappa shape index (κ1) is 11.1. The first-order valence-electron chi connectivity index (χ1n) is 5.46. The lowest BCUT2D eigenvalue weighted by Gasteiger charge is -2.23. The Labute approximate surface area is 101 Å². The van der Waals surface area contributed by atoms with Gasteiger partial charge in [-0.25, -0.2) is 0 Å². The lowest BCUT2D eigenvalue weighted by Crippen LogP contribution is -2.38. The number of carbonyl (C=O) groups excluding carboxylic acids is 1. The van der Waals surface area contributed by atoms with Crippen LogP contribution in [0.15, 0.2) is 0 Å². The molecule has 3 atom stereocenters. The van der Waals surface area contributed by atoms with Crippen LogP contribution in [0.1, 0.15) is 32.1 Å². The Hall–Kier alpha value is -0.350. The van der Waals surface area contributed by atoms with Crippen LogP contribution in [0.4, 0.5) is 0 Å². The van der Waals surface area contributed by atoms with Crippen molar-refractivity contribution in [1.82, 2.24) is 5.32 Å². The highest BCUT2D eigenvalue weighted by Gasteiger charge is 2.39. The summed E-state index contributed by atoms with van der Waals surface area (Å²) in [4.78, 5) is 11.7. The van der Waals surface area contributed by atoms with Crippen LogP contribution in [-0.4, -0.2) is 22.2 Å². The standard InChI is InChI=1S/C11H15NOS2/c13-9(6-14)5-11(15)12-10-4-7-1-2-8(10)3-7/h6-8,10H,1-5H2,(H,12,15). The third kappa shape index (κ3) is 2.61. The minimum atomic E-state index is -0.0642. The average Bonchev–Trinajstić information content (AvgIpc) is 2.78. The molecule has 0 heterocycles. The molecule has 82 valence electrons. The van der Waals surface area contributed by atoms with Crippen LogP contribution in [0.3, 0.4) is 0 Å². The Bertz CT molecular complexity index is 303. The molecule has 0 amide bonds. The summed E-state index contributed by atoms with van der Waals surface area (Å²) < 4.78 is 0. The predicted molar refractivity (Wildman–Crippen MR) is 68.2 cm³/mol. The number of ketones is 1. The number of carbonyl (C=O) groups is 1. The van der Waals surface area contributed by atoms with E-state index in [4.69, 9.17) is 12.2 Å². The molecule has 2 bridgehead atoms. The Morgan fingerprint density at radius 1 is 1.40 bits per heavy atom. The Morgan fingerprint density at radius 2 is 2.20 bits per heavy atom. The Balaban J connectivity index is 1.80. The zero-order valence-electron chi connectivity index (χ0n) is 8.57. The van der Waals surface area contributed by atoms with E-state index in [-0.39, 0.29) is 12.2 Å². The number of nitrogens with one attached hydrogen (secondary N) is 1. The summed E-state index contributed by atoms with van der Waals surface area (Å²) in [5, 5.41) is 4.50. The molecule has 0 aliphatic heterocycles. The highest BCUT2D eigenvalue weighted by molar-refractivity contribution is 7.81. The summed E-state index contributed by atoms with van der Waals surface area (Å²) in [6.07, 6.45) is 5.57. The van der Waals surface area contributed by atoms with Crippen LogP contribution >= 0.6 is 24.4 Å². The van der Waals surface area contributed by atoms with Gasteiger partial charge in [0.1, 0.15) is 0 Å². The summed E-state index contributed by atoms with van der Waals surface area (Å²) in [5.41, 5.74) is 0. The smallest absolute Gasteiger partial charge is 0.173 e. The quantitative estimate of drug-likeness (QED) is 0.763. The van der Waals surface area contributed by atoms with Gasteiger partial charge in [0, 0.05) is 11.4 Å². The SMILES string of the molecule is O=C(C=S)CC(=S)NC1CC2CCC1C2. The van der Waals surface area contributed by atoms with E-state index in [0.29, 0.717) is 11.0 Å². The molecule has 0 spiro atoms. The van der Waals surface area contributed by atoms with E-state index >= 15 is 0 Å². The highest BCUT2D eigenvalue weighted by Crippen LogP contribution is 2.44. The van der Waals surface area contributed by atoms with Gasteiger partial charge in [0.15, 0.2) is 5.78 Å². The minimum Gasteiger partial charge on any atom is -0.376 e. The molecule has 0 aromatic rings. The fourth-order valence-electron chi connectivity index (χ4n) is 2.88. The maximum absolute atomic E-state index is 11.1. The molecule has 0 radical (unpaired) electrons. The molecule has 15 heavy (non-hydrogen) atoms. The van der Waals surface area contributed by atoms with Crippen molar-refractivity contribution >= 4 is 40.6 Å². The number of Topliss-reactive ketones (excluding diaryl/α,β-unsaturated/α-hetero) is 1. The molecule has 0 aromatic heterocycles. The number of rotatable bonds is 4. The zero-order chi connectivity index (χ0) is 10.8. The molecule has 0 saturated heterocycles. The molecule has 0 aromatic carbocycles. The van der Waals surface area contributed by atoms with Gasteiger partial charge in [0.05, 0.1) is 11.4 Å². The van der Waals surface area contributed by atoms with Crippen molar-refractivity contribution in [2.24, 2.45) is 11.8 Å². The minimum absolute atomic E-state index is 0.0642. The van der Waals surface area contributed by atoms with Crippen molar-refractivity contribution in [3.63, 3.8) is 0 Å². The lowest BCUT2D eigenvalue weighted by molar-refractivity contribution is -0.111. The normalized spacial score (nSPS) is 32.7. The Morgan fingerprint density at radius 3 is 2.73 bits per heavy atom. The molecule has 1 N–H and O–H groups in total. The molecule has 2 aliphatic rings. The molecule has 2 nitrogen and oxygen atoms in total. The first-order chi connectivity index (χ1) is 7.19. The second-order valence-electron chi connectivity index (χ2n) is 4.61. The fraction of sp³-hybridized carbons (Fsp3) is 0.727. The molecule has 3 unspecified atom stereocenters. The van der Waals surface area contributed by atoms with Gasteiger partial charge in [-0.1, -0.05) is 30.9 Å². The predicted octanol–water partition coefficient (Wildman–Crippen LogP) is 2.05. The molecule has 2 rings (SSSR count). The van der Waals surface area contributed by atoms with Crippen LogP contribution in [0.25, 0.3) is 0 Å². The lowest BCUT2D eigenvalue weighted by atomic mass is 9.95. The Kier molecular flexibility index (Phi) is 3.46. The highest BCUT2D eigenvalue weighted by atomic mass is 32.1. The summed E-state index contributed by atoms with van der Waals surface area (Å²) in [6, 6.07) is 0.522. The average molecular weight is 241 g/mol. The van der Waals surface area contributed by atoms with E-state index in [2.05, 4.69) is 17.5 Å². The van der Waals surface area contributed by atoms with Crippen LogP contribution in [-0.2, 0) is 4.79 Å². The second kappa shape index (κ2) is 4.66. The largest absolute Gasteiger partial charge is 0.376 e. The maximum atomic E-state index is 11.1. The van der Waals surface area contributed by atoms with Crippen molar-refractivity contribution in [2.45, 2.75) is 38.1 Å². The molecule has 2 fully saturated rings. The van der Waals surface area contributed by atoms with Crippen molar-refractivity contribution in [3.8, 4) is 0 Å². The number of hydrogen-bond acceptors (Lipinski definition) is 3. The molecular weight excluding hydrogens is 226 g/mol. The summed E-state index contributed by atoms with van der Waals surface area (Å²) in [5.74, 6) is 1.62. The van der Waals surface area contributed by atoms with E-state index in [1.165, 1.54) is 31.1 Å². The van der Waals surface area contributed by atoms with Gasteiger partial charge in [-0.2, -0.15) is 0 Å². The van der Waals surface area contributed by atoms with Gasteiger partial charge in [-0.15, -0.1) is 0 Å². The van der Waals surface area contributed by atoms with E-state index in [1.807, 2.05) is 0 Å². The number of fused-ring (bicyclic) bond motifs is 2. The van der Waals surface area contributed by atoms with E-state index in [9.17, 15) is 4.79 Å². The molecule has 4 heteroatoms. The van der Waals surface area contributed by atoms with Gasteiger partial charge in [-0.3, -0.25) is 4.79 Å². The van der Waals surface area contributed by atoms with Crippen molar-refractivity contribution in [3.05, 3.63) is 0 Å². The van der Waals surface area contributed by atoms with Gasteiger partial charge in [-0.05, 0) is 31.1 Å². The van der Waals surface area contributed by atoms with Crippen molar-refractivity contribution in [1.29, 1.82) is 0 Å². The summed E-state index contributed by atoms with van der Waals surface area (Å²) >= 11 is 9.72. The van der Waals surface area contributed by atoms with Crippen LogP contribution in [0.5, 0.6) is 0 Å². The van der Waals surface area contributed by atoms with Crippen molar-refractivity contribution < 1.29 is 4.79 Å². The number of hydrogen-bond donors (Lipinski definition) is 1.